The normalized spacial score (nSPS) is 30.5. The molecular weight excluding hydrogens is 1200 g/mol. The van der Waals surface area contributed by atoms with Gasteiger partial charge in [-0.2, -0.15) is 13.2 Å². The zero-order valence-corrected chi connectivity index (χ0v) is 56.8. The number of nitrogens with zero attached hydrogens (tertiary/aromatic N) is 8. The van der Waals surface area contributed by atoms with Crippen LogP contribution in [0.25, 0.3) is 0 Å². The summed E-state index contributed by atoms with van der Waals surface area (Å²) < 4.78 is 41.7. The van der Waals surface area contributed by atoms with Crippen LogP contribution in [0.2, 0.25) is 0 Å². The summed E-state index contributed by atoms with van der Waals surface area (Å²) >= 11 is 6.37. The van der Waals surface area contributed by atoms with E-state index >= 15 is 9.59 Å². The number of amides is 11. The summed E-state index contributed by atoms with van der Waals surface area (Å²) in [6.45, 7) is 7.70. The minimum absolute atomic E-state index is 0.0187. The van der Waals surface area contributed by atoms with Gasteiger partial charge in [0.2, 0.25) is 65.0 Å². The van der Waals surface area contributed by atoms with Crippen molar-refractivity contribution < 1.29 is 65.9 Å². The van der Waals surface area contributed by atoms with Crippen LogP contribution in [0.3, 0.4) is 0 Å². The number of likely N-dealkylation sites (N-methyl/N-ethyl adjacent to an activating group) is 7. The summed E-state index contributed by atoms with van der Waals surface area (Å²) in [4.78, 5) is 171. The molecule has 3 unspecified atom stereocenters. The molecule has 0 bridgehead atoms. The lowest BCUT2D eigenvalue weighted by Gasteiger charge is -2.40. The first-order chi connectivity index (χ1) is 42.7. The van der Waals surface area contributed by atoms with Gasteiger partial charge < -0.3 is 55.1 Å². The average molecular weight is 1310 g/mol. The highest BCUT2D eigenvalue weighted by Gasteiger charge is 2.52. The molecule has 0 aromatic rings. The van der Waals surface area contributed by atoms with E-state index in [2.05, 4.69) is 16.0 Å². The molecule has 3 N–H and O–H groups in total. The number of rotatable bonds is 10. The predicted octanol–water partition coefficient (Wildman–Crippen LogP) is 5.32. The highest BCUT2D eigenvalue weighted by atomic mass is 35.5. The first-order valence-electron chi connectivity index (χ1n) is 33.4. The van der Waals surface area contributed by atoms with E-state index in [1.54, 1.807) is 27.9 Å². The molecule has 0 radical (unpaired) electrons. The van der Waals surface area contributed by atoms with Gasteiger partial charge >= 0.3 is 6.18 Å². The zero-order chi connectivity index (χ0) is 67.6. The zero-order valence-electron chi connectivity index (χ0n) is 56.0. The molecule has 2 heterocycles. The second-order valence-corrected chi connectivity index (χ2v) is 28.7. The van der Waals surface area contributed by atoms with Gasteiger partial charge in [0.05, 0.1) is 25.6 Å². The molecule has 26 heteroatoms. The third-order valence-corrected chi connectivity index (χ3v) is 21.3. The second kappa shape index (κ2) is 32.4. The SMILES string of the molecule is CC[C@H](C)[C@@H]1NC(=O)[C@H](CC(C)C)N(C)C(=O)C[C@@H](C)N(C)C(=O)[C@H](C2CC2)N(C)C(=O)C2(CCCC2)NC(=O)[C@@H]2CCCN2C(=O)[C@H](CCC2CCC(C(F)(F)F)C(Cl)C2)NC(=O)CN(C)C(=O)[C@H](CC2CCCCC2)N(C)C(=O)CN(C)C(=O)CN(C)C1=O. The van der Waals surface area contributed by atoms with Crippen molar-refractivity contribution in [3.05, 3.63) is 0 Å². The maximum absolute atomic E-state index is 15.1. The molecule has 4 aliphatic carbocycles. The largest absolute Gasteiger partial charge is 0.393 e. The number of hydrogen-bond acceptors (Lipinski definition) is 11. The van der Waals surface area contributed by atoms with Crippen LogP contribution in [0.15, 0.2) is 0 Å². The Balaban J connectivity index is 1.35. The summed E-state index contributed by atoms with van der Waals surface area (Å²) in [5.41, 5.74) is -1.45. The fraction of sp³-hybridized carbons (Fsp3) is 0.831. The summed E-state index contributed by atoms with van der Waals surface area (Å²) in [6.07, 6.45) is 4.39. The Bertz CT molecular complexity index is 2620. The monoisotopic (exact) mass is 1310 g/mol. The number of alkyl halides is 4. The van der Waals surface area contributed by atoms with E-state index in [1.807, 2.05) is 20.8 Å². The molecule has 6 fully saturated rings. The lowest BCUT2D eigenvalue weighted by atomic mass is 9.78. The van der Waals surface area contributed by atoms with E-state index in [0.29, 0.717) is 38.5 Å². The minimum atomic E-state index is -4.49. The Hall–Kier alpha value is -5.75. The highest BCUT2D eigenvalue weighted by Crippen LogP contribution is 2.44. The highest BCUT2D eigenvalue weighted by molar-refractivity contribution is 6.20. The number of nitrogens with one attached hydrogen (secondary N) is 3. The molecule has 1 spiro atoms. The smallest absolute Gasteiger partial charge is 0.343 e. The van der Waals surface area contributed by atoms with E-state index in [1.165, 1.54) is 69.5 Å². The van der Waals surface area contributed by atoms with Gasteiger partial charge in [-0.25, -0.2) is 0 Å². The lowest BCUT2D eigenvalue weighted by molar-refractivity contribution is -0.182. The van der Waals surface area contributed by atoms with Gasteiger partial charge in [0, 0.05) is 73.7 Å². The predicted molar refractivity (Wildman–Crippen MR) is 336 cm³/mol. The van der Waals surface area contributed by atoms with Gasteiger partial charge in [0.15, 0.2) is 0 Å². The molecule has 22 nitrogen and oxygen atoms in total. The van der Waals surface area contributed by atoms with E-state index in [9.17, 15) is 56.3 Å². The quantitative estimate of drug-likeness (QED) is 0.236. The van der Waals surface area contributed by atoms with E-state index in [0.717, 1.165) is 37.0 Å². The van der Waals surface area contributed by atoms with Crippen LogP contribution in [-0.4, -0.2) is 239 Å². The Labute approximate surface area is 541 Å². The van der Waals surface area contributed by atoms with Crippen LogP contribution in [0.5, 0.6) is 0 Å². The molecule has 0 aromatic carbocycles. The molecule has 4 saturated carbocycles. The Kier molecular flexibility index (Phi) is 26.4. The van der Waals surface area contributed by atoms with Crippen LogP contribution < -0.4 is 16.0 Å². The standard InChI is InChI=1S/C65H105ClF3N11O11/c1-13-40(4)55-61(89)75(8)37-53(83)73(6)38-54(84)78(11)50(35-42-20-15-14-16-21-42)60(88)74(7)36-51(81)70-47(28-24-43-23-27-45(46(66)34-43)65(67,68)69)59(87)80-31-19-22-48(80)58(86)72-64(29-17-18-30-64)63(91)79(12)56(44-25-26-44)62(90)76(9)41(5)33-52(82)77(10)49(32-39(2)3)57(85)71-55/h39-50,55-56H,13-38H2,1-12H3,(H,70,81)(H,71,85)(H,72,86)/t40-,41+,43?,45?,46?,47-,48-,49-,50-,55-,56-/m0/s1. The molecule has 514 valence electrons. The second-order valence-electron chi connectivity index (χ2n) is 28.1. The fourth-order valence-corrected chi connectivity index (χ4v) is 14.9. The summed E-state index contributed by atoms with van der Waals surface area (Å²) in [6, 6.07) is -7.33. The molecular formula is C65H105ClF3N11O11. The van der Waals surface area contributed by atoms with E-state index < -0.39 is 156 Å². The molecule has 6 rings (SSSR count). The van der Waals surface area contributed by atoms with Crippen molar-refractivity contribution in [2.24, 2.45) is 35.5 Å². The number of carbonyl (C=O) groups is 11. The first kappa shape index (κ1) is 74.3. The topological polar surface area (TPSA) is 250 Å². The molecule has 0 aromatic heterocycles. The van der Waals surface area contributed by atoms with Crippen molar-refractivity contribution in [2.45, 2.75) is 235 Å². The van der Waals surface area contributed by atoms with Crippen LogP contribution >= 0.6 is 11.6 Å². The van der Waals surface area contributed by atoms with Crippen molar-refractivity contribution in [1.82, 2.24) is 55.1 Å². The minimum Gasteiger partial charge on any atom is -0.343 e. The Morgan fingerprint density at radius 1 is 0.604 bits per heavy atom. The molecule has 2 aliphatic heterocycles. The number of carbonyl (C=O) groups excluding carboxylic acids is 11. The molecule has 6 aliphatic rings. The van der Waals surface area contributed by atoms with E-state index in [-0.39, 0.29) is 101 Å². The van der Waals surface area contributed by atoms with Gasteiger partial charge in [0.1, 0.15) is 41.8 Å². The summed E-state index contributed by atoms with van der Waals surface area (Å²) in [7, 11) is 10.3. The van der Waals surface area contributed by atoms with Crippen LogP contribution in [0, 0.1) is 35.5 Å². The van der Waals surface area contributed by atoms with Crippen LogP contribution in [0.1, 0.15) is 176 Å². The first-order valence-corrected chi connectivity index (χ1v) is 33.9. The number of fused-ring (bicyclic) bond motifs is 1. The lowest BCUT2D eigenvalue weighted by Crippen LogP contribution is -2.64. The van der Waals surface area contributed by atoms with Crippen LogP contribution in [-0.2, 0) is 52.7 Å². The van der Waals surface area contributed by atoms with Crippen molar-refractivity contribution in [3.8, 4) is 0 Å². The average Bonchev–Trinajstić information content (AvgIpc) is 1.70. The molecule has 11 atom stereocenters. The Morgan fingerprint density at radius 3 is 1.81 bits per heavy atom. The third kappa shape index (κ3) is 19.0. The fourth-order valence-electron chi connectivity index (χ4n) is 14.4. The van der Waals surface area contributed by atoms with Gasteiger partial charge in [-0.1, -0.05) is 79.1 Å². The summed E-state index contributed by atoms with van der Waals surface area (Å²) in [5, 5.41) is 7.59. The van der Waals surface area contributed by atoms with Crippen molar-refractivity contribution in [2.75, 3.05) is 75.5 Å². The molecule has 91 heavy (non-hydrogen) atoms. The van der Waals surface area contributed by atoms with Gasteiger partial charge in [-0.15, -0.1) is 11.6 Å². The van der Waals surface area contributed by atoms with Crippen molar-refractivity contribution in [1.29, 1.82) is 0 Å². The summed E-state index contributed by atoms with van der Waals surface area (Å²) in [5.74, 6) is -9.00. The molecule has 2 saturated heterocycles. The maximum Gasteiger partial charge on any atom is 0.393 e. The van der Waals surface area contributed by atoms with Crippen molar-refractivity contribution >= 4 is 76.6 Å². The van der Waals surface area contributed by atoms with Gasteiger partial charge in [-0.05, 0) is 120 Å². The number of halogens is 4. The van der Waals surface area contributed by atoms with Gasteiger partial charge in [-0.3, -0.25) is 52.7 Å². The maximum atomic E-state index is 15.1. The number of hydrogen-bond donors (Lipinski definition) is 3. The van der Waals surface area contributed by atoms with Crippen molar-refractivity contribution in [3.63, 3.8) is 0 Å². The molecule has 11 amide bonds. The van der Waals surface area contributed by atoms with E-state index in [4.69, 9.17) is 11.6 Å². The van der Waals surface area contributed by atoms with Crippen LogP contribution in [0.4, 0.5) is 13.2 Å². The Morgan fingerprint density at radius 2 is 1.22 bits per heavy atom. The van der Waals surface area contributed by atoms with Gasteiger partial charge in [0.25, 0.3) is 0 Å². The third-order valence-electron chi connectivity index (χ3n) is 20.8.